The minimum Gasteiger partial charge on any atom is -0.340 e. The van der Waals surface area contributed by atoms with Gasteiger partial charge in [0.15, 0.2) is 0 Å². The van der Waals surface area contributed by atoms with Crippen molar-refractivity contribution >= 4 is 5.91 Å². The first-order chi connectivity index (χ1) is 14.2. The number of nitrogens with zero attached hydrogens (tertiary/aromatic N) is 2. The molecule has 1 N–H and O–H groups in total. The Morgan fingerprint density at radius 2 is 1.97 bits per heavy atom. The van der Waals surface area contributed by atoms with Crippen LogP contribution in [0.2, 0.25) is 0 Å². The van der Waals surface area contributed by atoms with Crippen molar-refractivity contribution in [2.75, 3.05) is 6.54 Å². The van der Waals surface area contributed by atoms with E-state index in [4.69, 9.17) is 0 Å². The monoisotopic (exact) mass is 389 g/mol. The number of carbonyl (C=O) groups excluding carboxylic acids is 1. The van der Waals surface area contributed by atoms with Gasteiger partial charge < -0.3 is 9.88 Å². The van der Waals surface area contributed by atoms with Crippen molar-refractivity contribution in [2.45, 2.75) is 37.6 Å². The maximum Gasteiger partial charge on any atom is 0.226 e. The standard InChI is InChI=1S/C24H24FN3O/c25-18-10-6-9-17(13-18)21-15-26-23(27-21)22-11-4-5-12-28(22)24(29)20-14-19(20)16-7-2-1-3-8-16/h1-3,6-10,13,15,19-20,22H,4-5,11-12,14H2,(H,26,27)/t19-,20+,22?/m1/s1. The fraction of sp³-hybridized carbons (Fsp3) is 0.333. The molecule has 1 saturated heterocycles. The summed E-state index contributed by atoms with van der Waals surface area (Å²) in [6.07, 6.45) is 5.69. The predicted octanol–water partition coefficient (Wildman–Crippen LogP) is 5.07. The molecular weight excluding hydrogens is 365 g/mol. The van der Waals surface area contributed by atoms with Gasteiger partial charge in [-0.2, -0.15) is 0 Å². The lowest BCUT2D eigenvalue weighted by Gasteiger charge is -2.35. The Bertz CT molecular complexity index is 1020. The second kappa shape index (κ2) is 7.47. The van der Waals surface area contributed by atoms with Crippen molar-refractivity contribution in [3.8, 4) is 11.3 Å². The number of hydrogen-bond donors (Lipinski definition) is 1. The van der Waals surface area contributed by atoms with Crippen LogP contribution in [0, 0.1) is 11.7 Å². The number of piperidine rings is 1. The zero-order chi connectivity index (χ0) is 19.8. The van der Waals surface area contributed by atoms with E-state index in [1.165, 1.54) is 17.7 Å². The van der Waals surface area contributed by atoms with Crippen LogP contribution in [0.15, 0.2) is 60.8 Å². The molecule has 4 nitrogen and oxygen atoms in total. The average Bonchev–Trinajstić information content (AvgIpc) is 3.42. The Hall–Kier alpha value is -2.95. The molecule has 1 aromatic heterocycles. The van der Waals surface area contributed by atoms with E-state index in [-0.39, 0.29) is 23.7 Å². The molecule has 1 aliphatic heterocycles. The molecule has 5 heteroatoms. The first-order valence-electron chi connectivity index (χ1n) is 10.4. The Kier molecular flexibility index (Phi) is 4.66. The molecule has 5 rings (SSSR count). The minimum atomic E-state index is -0.270. The van der Waals surface area contributed by atoms with Crippen molar-refractivity contribution in [2.24, 2.45) is 5.92 Å². The highest BCUT2D eigenvalue weighted by Gasteiger charge is 2.47. The number of benzene rings is 2. The number of halogens is 1. The Balaban J connectivity index is 1.35. The first-order valence-corrected chi connectivity index (χ1v) is 10.4. The molecule has 0 bridgehead atoms. The molecule has 2 heterocycles. The maximum absolute atomic E-state index is 13.6. The molecule has 2 aromatic carbocycles. The minimum absolute atomic E-state index is 0.0319. The molecule has 2 fully saturated rings. The molecule has 29 heavy (non-hydrogen) atoms. The third-order valence-corrected chi connectivity index (χ3v) is 6.17. The van der Waals surface area contributed by atoms with E-state index in [1.54, 1.807) is 12.3 Å². The average molecular weight is 389 g/mol. The summed E-state index contributed by atoms with van der Waals surface area (Å²) in [6, 6.07) is 16.8. The fourth-order valence-corrected chi connectivity index (χ4v) is 4.54. The predicted molar refractivity (Wildman–Crippen MR) is 110 cm³/mol. The summed E-state index contributed by atoms with van der Waals surface area (Å²) >= 11 is 0. The number of rotatable bonds is 4. The molecule has 3 atom stereocenters. The molecule has 148 valence electrons. The first kappa shape index (κ1) is 18.1. The molecule has 0 radical (unpaired) electrons. The van der Waals surface area contributed by atoms with Gasteiger partial charge in [-0.15, -0.1) is 0 Å². The van der Waals surface area contributed by atoms with Crippen LogP contribution in [0.5, 0.6) is 0 Å². The van der Waals surface area contributed by atoms with E-state index in [9.17, 15) is 9.18 Å². The Labute approximate surface area is 169 Å². The van der Waals surface area contributed by atoms with Gasteiger partial charge in [0.25, 0.3) is 0 Å². The summed E-state index contributed by atoms with van der Waals surface area (Å²) in [5.41, 5.74) is 2.81. The van der Waals surface area contributed by atoms with Crippen LogP contribution >= 0.6 is 0 Å². The highest BCUT2D eigenvalue weighted by Crippen LogP contribution is 2.49. The highest BCUT2D eigenvalue weighted by molar-refractivity contribution is 5.83. The van der Waals surface area contributed by atoms with Crippen molar-refractivity contribution in [1.82, 2.24) is 14.9 Å². The quantitative estimate of drug-likeness (QED) is 0.677. The molecule has 3 aromatic rings. The van der Waals surface area contributed by atoms with Crippen LogP contribution in [-0.4, -0.2) is 27.3 Å². The fourth-order valence-electron chi connectivity index (χ4n) is 4.54. The zero-order valence-corrected chi connectivity index (χ0v) is 16.2. The lowest BCUT2D eigenvalue weighted by Crippen LogP contribution is -2.40. The van der Waals surface area contributed by atoms with Gasteiger partial charge in [0, 0.05) is 18.0 Å². The van der Waals surface area contributed by atoms with Gasteiger partial charge in [0.2, 0.25) is 5.91 Å². The summed E-state index contributed by atoms with van der Waals surface area (Å²) in [5, 5.41) is 0. The smallest absolute Gasteiger partial charge is 0.226 e. The van der Waals surface area contributed by atoms with E-state index < -0.39 is 0 Å². The number of carbonyl (C=O) groups is 1. The molecular formula is C24H24FN3O. The van der Waals surface area contributed by atoms with Crippen LogP contribution in [-0.2, 0) is 4.79 Å². The number of hydrogen-bond acceptors (Lipinski definition) is 2. The lowest BCUT2D eigenvalue weighted by molar-refractivity contribution is -0.136. The molecule has 1 unspecified atom stereocenters. The van der Waals surface area contributed by atoms with Gasteiger partial charge in [0.1, 0.15) is 11.6 Å². The van der Waals surface area contributed by atoms with Gasteiger partial charge in [-0.3, -0.25) is 4.79 Å². The van der Waals surface area contributed by atoms with Crippen LogP contribution in [0.4, 0.5) is 4.39 Å². The number of aromatic amines is 1. The van der Waals surface area contributed by atoms with Crippen LogP contribution in [0.1, 0.15) is 49.0 Å². The number of amides is 1. The molecule has 0 spiro atoms. The van der Waals surface area contributed by atoms with E-state index in [1.807, 2.05) is 29.2 Å². The number of nitrogens with one attached hydrogen (secondary N) is 1. The number of imidazole rings is 1. The Morgan fingerprint density at radius 1 is 1.10 bits per heavy atom. The second-order valence-electron chi connectivity index (χ2n) is 8.10. The van der Waals surface area contributed by atoms with E-state index in [0.717, 1.165) is 49.3 Å². The van der Waals surface area contributed by atoms with E-state index in [0.29, 0.717) is 5.92 Å². The summed E-state index contributed by atoms with van der Waals surface area (Å²) in [5.74, 6) is 1.19. The SMILES string of the molecule is O=C([C@H]1C[C@@H]1c1ccccc1)N1CCCCC1c1ncc(-c2cccc(F)c2)[nH]1. The number of likely N-dealkylation sites (tertiary alicyclic amines) is 1. The largest absolute Gasteiger partial charge is 0.340 e. The summed E-state index contributed by atoms with van der Waals surface area (Å²) in [7, 11) is 0. The second-order valence-corrected chi connectivity index (χ2v) is 8.10. The van der Waals surface area contributed by atoms with Gasteiger partial charge in [-0.1, -0.05) is 42.5 Å². The topological polar surface area (TPSA) is 49.0 Å². The van der Waals surface area contributed by atoms with Gasteiger partial charge in [-0.25, -0.2) is 9.37 Å². The van der Waals surface area contributed by atoms with Crippen LogP contribution in [0.25, 0.3) is 11.3 Å². The van der Waals surface area contributed by atoms with Crippen molar-refractivity contribution in [1.29, 1.82) is 0 Å². The lowest BCUT2D eigenvalue weighted by atomic mass is 10.00. The normalized spacial score (nSPS) is 23.8. The van der Waals surface area contributed by atoms with Crippen molar-refractivity contribution in [3.05, 3.63) is 78.0 Å². The summed E-state index contributed by atoms with van der Waals surface area (Å²) in [4.78, 5) is 23.2. The maximum atomic E-state index is 13.6. The van der Waals surface area contributed by atoms with Crippen molar-refractivity contribution in [3.63, 3.8) is 0 Å². The third-order valence-electron chi connectivity index (χ3n) is 6.17. The van der Waals surface area contributed by atoms with Crippen LogP contribution < -0.4 is 0 Å². The molecule has 1 amide bonds. The summed E-state index contributed by atoms with van der Waals surface area (Å²) < 4.78 is 13.6. The van der Waals surface area contributed by atoms with Crippen molar-refractivity contribution < 1.29 is 9.18 Å². The number of H-pyrrole nitrogens is 1. The molecule has 1 saturated carbocycles. The van der Waals surface area contributed by atoms with Gasteiger partial charge in [-0.05, 0) is 49.3 Å². The van der Waals surface area contributed by atoms with Gasteiger partial charge in [0.05, 0.1) is 17.9 Å². The summed E-state index contributed by atoms with van der Waals surface area (Å²) in [6.45, 7) is 0.775. The van der Waals surface area contributed by atoms with E-state index in [2.05, 4.69) is 22.1 Å². The molecule has 1 aliphatic carbocycles. The van der Waals surface area contributed by atoms with E-state index >= 15 is 0 Å². The Morgan fingerprint density at radius 3 is 2.79 bits per heavy atom. The number of aromatic nitrogens is 2. The highest BCUT2D eigenvalue weighted by atomic mass is 19.1. The van der Waals surface area contributed by atoms with Crippen LogP contribution in [0.3, 0.4) is 0 Å². The third kappa shape index (κ3) is 3.57. The van der Waals surface area contributed by atoms with Gasteiger partial charge >= 0.3 is 0 Å². The molecule has 2 aliphatic rings. The zero-order valence-electron chi connectivity index (χ0n) is 16.2.